The fraction of sp³-hybridized carbons (Fsp3) is 0. The fourth-order valence-corrected chi connectivity index (χ4v) is 1.36. The summed E-state index contributed by atoms with van der Waals surface area (Å²) in [4.78, 5) is 0. The third-order valence-corrected chi connectivity index (χ3v) is 1.99. The molecule has 2 aromatic rings. The Bertz CT molecular complexity index is 251. The molecule has 1 radical (unpaired) electrons. The summed E-state index contributed by atoms with van der Waals surface area (Å²) in [7, 11) is 0. The van der Waals surface area contributed by atoms with E-state index in [-0.39, 0.29) is 0 Å². The van der Waals surface area contributed by atoms with Crippen molar-refractivity contribution in [2.24, 2.45) is 0 Å². The van der Waals surface area contributed by atoms with Crippen LogP contribution in [0.25, 0.3) is 5.00 Å². The van der Waals surface area contributed by atoms with E-state index in [1.54, 1.807) is 17.5 Å². The second-order valence-corrected chi connectivity index (χ2v) is 2.73. The van der Waals surface area contributed by atoms with Crippen molar-refractivity contribution >= 4 is 11.3 Å². The maximum absolute atomic E-state index is 4.07. The summed E-state index contributed by atoms with van der Waals surface area (Å²) in [5, 5.41) is 7.08. The zero-order valence-electron chi connectivity index (χ0n) is 5.19. The van der Waals surface area contributed by atoms with Crippen molar-refractivity contribution in [2.45, 2.75) is 0 Å². The Hall–Kier alpha value is -1.09. The van der Waals surface area contributed by atoms with Gasteiger partial charge in [0.15, 0.2) is 0 Å². The summed E-state index contributed by atoms with van der Waals surface area (Å²) >= 11 is 1.63. The molecule has 49 valence electrons. The van der Waals surface area contributed by atoms with Crippen LogP contribution in [-0.2, 0) is 0 Å². The van der Waals surface area contributed by atoms with Crippen molar-refractivity contribution in [1.82, 2.24) is 9.78 Å². The van der Waals surface area contributed by atoms with Gasteiger partial charge in [-0.15, -0.1) is 11.3 Å². The predicted octanol–water partition coefficient (Wildman–Crippen LogP) is 1.73. The average molecular weight is 149 g/mol. The molecule has 2 heterocycles. The summed E-state index contributed by atoms with van der Waals surface area (Å²) in [5.41, 5.74) is 0. The molecule has 0 aliphatic carbocycles. The molecule has 0 unspecified atom stereocenters. The summed E-state index contributed by atoms with van der Waals surface area (Å²) in [6.45, 7) is 0. The van der Waals surface area contributed by atoms with Crippen LogP contribution in [0.4, 0.5) is 0 Å². The number of aromatic nitrogens is 2. The van der Waals surface area contributed by atoms with Crippen LogP contribution in [0.3, 0.4) is 0 Å². The van der Waals surface area contributed by atoms with E-state index in [4.69, 9.17) is 0 Å². The highest BCUT2D eigenvalue weighted by Gasteiger charge is 1.93. The second kappa shape index (κ2) is 2.27. The van der Waals surface area contributed by atoms with E-state index in [0.29, 0.717) is 0 Å². The minimum atomic E-state index is 1.10. The maximum Gasteiger partial charge on any atom is 0.118 e. The normalized spacial score (nSPS) is 10.0. The zero-order valence-corrected chi connectivity index (χ0v) is 6.01. The largest absolute Gasteiger partial charge is 0.231 e. The molecule has 0 bridgehead atoms. The van der Waals surface area contributed by atoms with E-state index in [2.05, 4.69) is 11.2 Å². The van der Waals surface area contributed by atoms with Crippen LogP contribution in [0.2, 0.25) is 0 Å². The van der Waals surface area contributed by atoms with E-state index in [0.717, 1.165) is 5.00 Å². The molecule has 2 rings (SSSR count). The average Bonchev–Trinajstić information content (AvgIpc) is 2.59. The highest BCUT2D eigenvalue weighted by atomic mass is 32.1. The molecular formula is C7H5N2S. The first-order valence-electron chi connectivity index (χ1n) is 2.91. The van der Waals surface area contributed by atoms with E-state index < -0.39 is 0 Å². The molecule has 0 saturated heterocycles. The maximum atomic E-state index is 4.07. The highest BCUT2D eigenvalue weighted by Crippen LogP contribution is 2.11. The molecule has 10 heavy (non-hydrogen) atoms. The van der Waals surface area contributed by atoms with Gasteiger partial charge < -0.3 is 0 Å². The summed E-state index contributed by atoms with van der Waals surface area (Å²) < 4.78 is 1.82. The van der Waals surface area contributed by atoms with Gasteiger partial charge in [0.2, 0.25) is 0 Å². The van der Waals surface area contributed by atoms with Crippen molar-refractivity contribution in [3.8, 4) is 5.00 Å². The Morgan fingerprint density at radius 1 is 1.60 bits per heavy atom. The molecule has 2 aromatic heterocycles. The molecule has 2 nitrogen and oxygen atoms in total. The van der Waals surface area contributed by atoms with Crippen LogP contribution in [0.5, 0.6) is 0 Å². The van der Waals surface area contributed by atoms with Gasteiger partial charge in [0, 0.05) is 17.8 Å². The smallest absolute Gasteiger partial charge is 0.118 e. The molecule has 3 heteroatoms. The van der Waals surface area contributed by atoms with Crippen LogP contribution < -0.4 is 0 Å². The number of hydrogen-bond donors (Lipinski definition) is 0. The summed E-state index contributed by atoms with van der Waals surface area (Å²) in [5.74, 6) is 0. The lowest BCUT2D eigenvalue weighted by Gasteiger charge is -1.91. The molecule has 0 fully saturated rings. The van der Waals surface area contributed by atoms with Crippen LogP contribution in [-0.4, -0.2) is 9.78 Å². The van der Waals surface area contributed by atoms with Gasteiger partial charge in [-0.05, 0) is 18.2 Å². The van der Waals surface area contributed by atoms with Gasteiger partial charge in [0.25, 0.3) is 0 Å². The minimum Gasteiger partial charge on any atom is -0.231 e. The Morgan fingerprint density at radius 2 is 2.60 bits per heavy atom. The molecule has 0 amide bonds. The van der Waals surface area contributed by atoms with Gasteiger partial charge in [-0.3, -0.25) is 0 Å². The molecule has 0 atom stereocenters. The Balaban J connectivity index is 2.48. The first-order valence-corrected chi connectivity index (χ1v) is 3.79. The van der Waals surface area contributed by atoms with Crippen molar-refractivity contribution in [2.75, 3.05) is 0 Å². The van der Waals surface area contributed by atoms with Gasteiger partial charge >= 0.3 is 0 Å². The van der Waals surface area contributed by atoms with Crippen molar-refractivity contribution in [3.05, 3.63) is 36.0 Å². The first-order chi connectivity index (χ1) is 4.97. The third kappa shape index (κ3) is 0.844. The lowest BCUT2D eigenvalue weighted by Crippen LogP contribution is -1.88. The van der Waals surface area contributed by atoms with E-state index >= 15 is 0 Å². The second-order valence-electron chi connectivity index (χ2n) is 1.84. The van der Waals surface area contributed by atoms with E-state index in [1.807, 2.05) is 28.4 Å². The monoisotopic (exact) mass is 149 g/mol. The topological polar surface area (TPSA) is 17.8 Å². The van der Waals surface area contributed by atoms with Gasteiger partial charge in [-0.25, -0.2) is 4.68 Å². The lowest BCUT2D eigenvalue weighted by molar-refractivity contribution is 0.897. The molecule has 0 aliphatic rings. The SMILES string of the molecule is [c]1csc(-n2cccn2)c1. The number of thiophene rings is 1. The van der Waals surface area contributed by atoms with E-state index in [9.17, 15) is 0 Å². The van der Waals surface area contributed by atoms with Gasteiger partial charge in [0.1, 0.15) is 5.00 Å². The highest BCUT2D eigenvalue weighted by molar-refractivity contribution is 7.12. The molecule has 0 N–H and O–H groups in total. The Morgan fingerprint density at radius 3 is 3.20 bits per heavy atom. The van der Waals surface area contributed by atoms with E-state index in [1.165, 1.54) is 0 Å². The lowest BCUT2D eigenvalue weighted by atomic mass is 10.6. The number of hydrogen-bond acceptors (Lipinski definition) is 2. The molecule has 0 spiro atoms. The Kier molecular flexibility index (Phi) is 1.29. The zero-order chi connectivity index (χ0) is 6.81. The summed E-state index contributed by atoms with van der Waals surface area (Å²) in [6.07, 6.45) is 3.68. The number of nitrogens with zero attached hydrogens (tertiary/aromatic N) is 2. The van der Waals surface area contributed by atoms with Crippen LogP contribution in [0.15, 0.2) is 29.9 Å². The molecular weight excluding hydrogens is 144 g/mol. The molecule has 0 aromatic carbocycles. The van der Waals surface area contributed by atoms with Crippen molar-refractivity contribution < 1.29 is 0 Å². The summed E-state index contributed by atoms with van der Waals surface area (Å²) in [6, 6.07) is 6.79. The van der Waals surface area contributed by atoms with Gasteiger partial charge in [-0.1, -0.05) is 0 Å². The van der Waals surface area contributed by atoms with Crippen molar-refractivity contribution in [3.63, 3.8) is 0 Å². The third-order valence-electron chi connectivity index (χ3n) is 1.18. The van der Waals surface area contributed by atoms with Crippen LogP contribution in [0.1, 0.15) is 0 Å². The van der Waals surface area contributed by atoms with Crippen molar-refractivity contribution in [1.29, 1.82) is 0 Å². The predicted molar refractivity (Wildman–Crippen MR) is 40.3 cm³/mol. The fourth-order valence-electron chi connectivity index (χ4n) is 0.753. The van der Waals surface area contributed by atoms with Crippen LogP contribution in [0, 0.1) is 6.07 Å². The Labute approximate surface area is 62.7 Å². The standard InChI is InChI=1S/C7H5N2S/c1-3-7(10-6-1)9-5-2-4-8-9/h2-6H. The minimum absolute atomic E-state index is 1.10. The first kappa shape index (κ1) is 5.68. The molecule has 0 aliphatic heterocycles. The van der Waals surface area contributed by atoms with Crippen LogP contribution >= 0.6 is 11.3 Å². The van der Waals surface area contributed by atoms with Gasteiger partial charge in [-0.2, -0.15) is 5.10 Å². The molecule has 0 saturated carbocycles. The quantitative estimate of drug-likeness (QED) is 0.603. The number of rotatable bonds is 1. The van der Waals surface area contributed by atoms with Gasteiger partial charge in [0.05, 0.1) is 0 Å².